The van der Waals surface area contributed by atoms with E-state index in [4.69, 9.17) is 0 Å². The molecule has 0 aromatic rings. The second kappa shape index (κ2) is 2.99. The molecule has 0 bridgehead atoms. The third-order valence-electron chi connectivity index (χ3n) is 2.04. The van der Waals surface area contributed by atoms with Crippen molar-refractivity contribution in [2.75, 3.05) is 6.26 Å². The molecule has 0 saturated carbocycles. The summed E-state index contributed by atoms with van der Waals surface area (Å²) in [5.41, 5.74) is 0.889. The standard InChI is InChI=1S/C8H10N4S/c1-5-11-8(13-3)6-7(12(5)2)10-4-9-6/h4H,1-3H3. The van der Waals surface area contributed by atoms with E-state index in [0.29, 0.717) is 0 Å². The van der Waals surface area contributed by atoms with E-state index >= 15 is 0 Å². The van der Waals surface area contributed by atoms with E-state index in [1.807, 2.05) is 24.8 Å². The molecular weight excluding hydrogens is 184 g/mol. The van der Waals surface area contributed by atoms with Crippen LogP contribution in [0.25, 0.3) is 11.5 Å². The smallest absolute Gasteiger partial charge is 0.164 e. The first-order valence-electron chi connectivity index (χ1n) is 3.92. The lowest BCUT2D eigenvalue weighted by Crippen LogP contribution is -2.06. The van der Waals surface area contributed by atoms with Gasteiger partial charge in [-0.3, -0.25) is 0 Å². The van der Waals surface area contributed by atoms with Crippen molar-refractivity contribution in [3.63, 3.8) is 0 Å². The first-order valence-corrected chi connectivity index (χ1v) is 5.14. The number of fused-ring (bicyclic) bond motifs is 1. The van der Waals surface area contributed by atoms with Crippen molar-refractivity contribution in [3.05, 3.63) is 12.2 Å². The second-order valence-electron chi connectivity index (χ2n) is 2.77. The number of hydrogen-bond donors (Lipinski definition) is 0. The average molecular weight is 194 g/mol. The highest BCUT2D eigenvalue weighted by Crippen LogP contribution is 2.26. The molecule has 0 amide bonds. The van der Waals surface area contributed by atoms with Crippen LogP contribution in [0.1, 0.15) is 5.82 Å². The van der Waals surface area contributed by atoms with E-state index in [-0.39, 0.29) is 0 Å². The Hall–Kier alpha value is -1.10. The molecule has 0 aromatic carbocycles. The highest BCUT2D eigenvalue weighted by molar-refractivity contribution is 7.98. The van der Waals surface area contributed by atoms with E-state index in [9.17, 15) is 0 Å². The first kappa shape index (κ1) is 8.50. The third-order valence-corrected chi connectivity index (χ3v) is 2.71. The normalized spacial score (nSPS) is 11.0. The Kier molecular flexibility index (Phi) is 1.95. The number of nitrogens with zero attached hydrogens (tertiary/aromatic N) is 4. The van der Waals surface area contributed by atoms with E-state index in [0.717, 1.165) is 22.4 Å². The average Bonchev–Trinajstić information content (AvgIpc) is 2.60. The largest absolute Gasteiger partial charge is 0.316 e. The molecule has 5 heteroatoms. The molecule has 2 aliphatic rings. The Morgan fingerprint density at radius 1 is 1.38 bits per heavy atom. The molecule has 0 spiro atoms. The lowest BCUT2D eigenvalue weighted by Gasteiger charge is -2.10. The Bertz CT molecular complexity index is 409. The predicted molar refractivity (Wildman–Crippen MR) is 51.9 cm³/mol. The summed E-state index contributed by atoms with van der Waals surface area (Å²) in [6.45, 7) is 1.97. The highest BCUT2D eigenvalue weighted by Gasteiger charge is 2.16. The molecule has 4 nitrogen and oxygen atoms in total. The van der Waals surface area contributed by atoms with Crippen LogP contribution < -0.4 is 0 Å². The number of hydrogen-bond acceptors (Lipinski definition) is 4. The Labute approximate surface area is 80.8 Å². The van der Waals surface area contributed by atoms with E-state index in [2.05, 4.69) is 15.0 Å². The zero-order valence-electron chi connectivity index (χ0n) is 7.77. The SMILES string of the molecule is CSc1nc(C)n(C)c2ncnc1-2. The molecule has 2 rings (SSSR count). The zero-order chi connectivity index (χ0) is 9.42. The van der Waals surface area contributed by atoms with Gasteiger partial charge in [-0.2, -0.15) is 0 Å². The molecular formula is C8H10N4S. The van der Waals surface area contributed by atoms with Crippen molar-refractivity contribution in [2.24, 2.45) is 7.05 Å². The maximum absolute atomic E-state index is 4.42. The third kappa shape index (κ3) is 1.19. The molecule has 13 heavy (non-hydrogen) atoms. The van der Waals surface area contributed by atoms with Crippen molar-refractivity contribution < 1.29 is 0 Å². The molecule has 0 N–H and O–H groups in total. The van der Waals surface area contributed by atoms with Gasteiger partial charge in [0.05, 0.1) is 0 Å². The molecule has 0 unspecified atom stereocenters. The fraction of sp³-hybridized carbons (Fsp3) is 0.375. The van der Waals surface area contributed by atoms with E-state index < -0.39 is 0 Å². The van der Waals surface area contributed by atoms with Gasteiger partial charge in [-0.15, -0.1) is 11.8 Å². The number of aryl methyl sites for hydroxylation is 1. The van der Waals surface area contributed by atoms with Gasteiger partial charge >= 0.3 is 0 Å². The van der Waals surface area contributed by atoms with E-state index in [1.54, 1.807) is 18.1 Å². The molecule has 2 aliphatic heterocycles. The number of thioether (sulfide) groups is 1. The molecule has 2 heterocycles. The minimum absolute atomic E-state index is 0.889. The van der Waals surface area contributed by atoms with Crippen molar-refractivity contribution in [1.29, 1.82) is 0 Å². The van der Waals surface area contributed by atoms with Crippen molar-refractivity contribution in [1.82, 2.24) is 19.5 Å². The quantitative estimate of drug-likeness (QED) is 0.507. The maximum atomic E-state index is 4.42. The van der Waals surface area contributed by atoms with Crippen molar-refractivity contribution >= 4 is 11.8 Å². The summed E-state index contributed by atoms with van der Waals surface area (Å²) in [6.07, 6.45) is 3.57. The van der Waals surface area contributed by atoms with Gasteiger partial charge in [0.2, 0.25) is 0 Å². The first-order chi connectivity index (χ1) is 6.24. The van der Waals surface area contributed by atoms with Crippen molar-refractivity contribution in [2.45, 2.75) is 11.9 Å². The van der Waals surface area contributed by atoms with Crippen LogP contribution in [0.2, 0.25) is 0 Å². The molecule has 0 aliphatic carbocycles. The van der Waals surface area contributed by atoms with Gasteiger partial charge in [0.1, 0.15) is 22.9 Å². The van der Waals surface area contributed by atoms with Crippen LogP contribution in [0, 0.1) is 6.92 Å². The summed E-state index contributed by atoms with van der Waals surface area (Å²) < 4.78 is 1.95. The van der Waals surface area contributed by atoms with Crippen LogP contribution in [0.5, 0.6) is 0 Å². The summed E-state index contributed by atoms with van der Waals surface area (Å²) >= 11 is 1.60. The summed E-state index contributed by atoms with van der Waals surface area (Å²) in [5, 5.41) is 0.947. The molecule has 0 saturated heterocycles. The summed E-state index contributed by atoms with van der Waals surface area (Å²) in [7, 11) is 1.95. The Balaban J connectivity index is 2.77. The molecule has 0 radical (unpaired) electrons. The summed E-state index contributed by atoms with van der Waals surface area (Å²) in [6, 6.07) is 0. The highest BCUT2D eigenvalue weighted by atomic mass is 32.2. The van der Waals surface area contributed by atoms with Gasteiger partial charge in [-0.1, -0.05) is 0 Å². The van der Waals surface area contributed by atoms with Gasteiger partial charge in [0.25, 0.3) is 0 Å². The summed E-state index contributed by atoms with van der Waals surface area (Å²) in [5.74, 6) is 1.86. The topological polar surface area (TPSA) is 43.6 Å². The minimum atomic E-state index is 0.889. The molecule has 0 fully saturated rings. The Morgan fingerprint density at radius 2 is 2.15 bits per heavy atom. The van der Waals surface area contributed by atoms with Gasteiger partial charge in [0.15, 0.2) is 5.82 Å². The van der Waals surface area contributed by atoms with Crippen LogP contribution in [0.15, 0.2) is 11.4 Å². The molecule has 68 valence electrons. The maximum Gasteiger partial charge on any atom is 0.164 e. The molecule has 0 atom stereocenters. The van der Waals surface area contributed by atoms with Gasteiger partial charge < -0.3 is 4.57 Å². The van der Waals surface area contributed by atoms with Crippen LogP contribution in [0.3, 0.4) is 0 Å². The fourth-order valence-corrected chi connectivity index (χ4v) is 1.79. The van der Waals surface area contributed by atoms with Gasteiger partial charge in [-0.25, -0.2) is 15.0 Å². The second-order valence-corrected chi connectivity index (χ2v) is 3.57. The van der Waals surface area contributed by atoms with Crippen LogP contribution in [0.4, 0.5) is 0 Å². The number of aromatic nitrogens is 4. The summed E-state index contributed by atoms with van der Waals surface area (Å²) in [4.78, 5) is 12.8. The van der Waals surface area contributed by atoms with Crippen molar-refractivity contribution in [3.8, 4) is 11.5 Å². The van der Waals surface area contributed by atoms with Crippen LogP contribution in [-0.4, -0.2) is 25.8 Å². The number of rotatable bonds is 1. The minimum Gasteiger partial charge on any atom is -0.316 e. The fourth-order valence-electron chi connectivity index (χ4n) is 1.23. The lowest BCUT2D eigenvalue weighted by atomic mass is 10.4. The number of imidazole rings is 1. The monoisotopic (exact) mass is 194 g/mol. The van der Waals surface area contributed by atoms with E-state index in [1.165, 1.54) is 0 Å². The van der Waals surface area contributed by atoms with Gasteiger partial charge in [0, 0.05) is 7.05 Å². The Morgan fingerprint density at radius 3 is 2.85 bits per heavy atom. The molecule has 0 aromatic heterocycles. The predicted octanol–water partition coefficient (Wildman–Crippen LogP) is 1.35. The van der Waals surface area contributed by atoms with Gasteiger partial charge in [-0.05, 0) is 13.2 Å². The van der Waals surface area contributed by atoms with Crippen LogP contribution >= 0.6 is 11.8 Å². The van der Waals surface area contributed by atoms with Crippen LogP contribution in [-0.2, 0) is 7.05 Å². The lowest BCUT2D eigenvalue weighted by molar-refractivity contribution is 0.772. The zero-order valence-corrected chi connectivity index (χ0v) is 8.59.